The molecule has 7 heteroatoms. The molecule has 6 nitrogen and oxygen atoms in total. The van der Waals surface area contributed by atoms with Crippen LogP contribution in [0, 0.1) is 5.82 Å². The fourth-order valence-corrected chi connectivity index (χ4v) is 3.17. The first-order valence-electron chi connectivity index (χ1n) is 9.16. The van der Waals surface area contributed by atoms with E-state index < -0.39 is 0 Å². The Hall–Kier alpha value is -3.74. The van der Waals surface area contributed by atoms with Gasteiger partial charge >= 0.3 is 0 Å². The van der Waals surface area contributed by atoms with Gasteiger partial charge in [0.25, 0.3) is 5.91 Å². The van der Waals surface area contributed by atoms with Crippen molar-refractivity contribution in [2.75, 3.05) is 5.32 Å². The summed E-state index contributed by atoms with van der Waals surface area (Å²) in [5, 5.41) is 5.77. The Morgan fingerprint density at radius 1 is 1.17 bits per heavy atom. The number of anilines is 1. The van der Waals surface area contributed by atoms with Gasteiger partial charge in [-0.15, -0.1) is 0 Å². The summed E-state index contributed by atoms with van der Waals surface area (Å²) in [5.41, 5.74) is 1.84. The summed E-state index contributed by atoms with van der Waals surface area (Å²) in [6.45, 7) is 0. The van der Waals surface area contributed by atoms with Crippen LogP contribution in [0.2, 0.25) is 0 Å². The number of amides is 2. The van der Waals surface area contributed by atoms with Gasteiger partial charge in [0.15, 0.2) is 5.75 Å². The number of halogens is 1. The van der Waals surface area contributed by atoms with Crippen LogP contribution in [-0.2, 0) is 4.79 Å². The second-order valence-electron chi connectivity index (χ2n) is 6.67. The number of carbonyl (C=O) groups is 2. The fraction of sp³-hybridized carbons (Fsp3) is 0.136. The molecule has 1 atom stereocenters. The van der Waals surface area contributed by atoms with E-state index in [1.54, 1.807) is 12.1 Å². The zero-order valence-electron chi connectivity index (χ0n) is 15.4. The lowest BCUT2D eigenvalue weighted by molar-refractivity contribution is -0.119. The molecule has 1 unspecified atom stereocenters. The maximum Gasteiger partial charge on any atom is 0.259 e. The zero-order chi connectivity index (χ0) is 20.2. The molecule has 2 amide bonds. The van der Waals surface area contributed by atoms with Crippen molar-refractivity contribution >= 4 is 17.5 Å². The number of ether oxygens (including phenoxy) is 1. The Kier molecular flexibility index (Phi) is 5.20. The maximum absolute atomic E-state index is 13.1. The van der Waals surface area contributed by atoms with Crippen molar-refractivity contribution in [1.29, 1.82) is 0 Å². The number of aromatic nitrogens is 1. The largest absolute Gasteiger partial charge is 0.455 e. The van der Waals surface area contributed by atoms with Crippen LogP contribution in [0.25, 0.3) is 0 Å². The first kappa shape index (κ1) is 18.6. The highest BCUT2D eigenvalue weighted by atomic mass is 19.1. The maximum atomic E-state index is 13.1. The van der Waals surface area contributed by atoms with Crippen molar-refractivity contribution in [1.82, 2.24) is 10.3 Å². The van der Waals surface area contributed by atoms with Crippen LogP contribution in [0.5, 0.6) is 11.5 Å². The summed E-state index contributed by atoms with van der Waals surface area (Å²) < 4.78 is 18.8. The van der Waals surface area contributed by atoms with Gasteiger partial charge in [0.2, 0.25) is 5.91 Å². The Balaban J connectivity index is 1.52. The Morgan fingerprint density at radius 3 is 2.76 bits per heavy atom. The number of hydrogen-bond donors (Lipinski definition) is 2. The van der Waals surface area contributed by atoms with Crippen LogP contribution in [0.4, 0.5) is 10.1 Å². The normalized spacial score (nSPS) is 15.6. The van der Waals surface area contributed by atoms with E-state index in [1.165, 1.54) is 36.7 Å². The van der Waals surface area contributed by atoms with Crippen LogP contribution >= 0.6 is 0 Å². The van der Waals surface area contributed by atoms with Crippen LogP contribution in [-0.4, -0.2) is 16.8 Å². The van der Waals surface area contributed by atoms with Crippen LogP contribution in [0.3, 0.4) is 0 Å². The van der Waals surface area contributed by atoms with Gasteiger partial charge in [-0.05, 0) is 54.4 Å². The number of benzene rings is 2. The predicted molar refractivity (Wildman–Crippen MR) is 105 cm³/mol. The van der Waals surface area contributed by atoms with E-state index in [1.807, 2.05) is 18.2 Å². The van der Waals surface area contributed by atoms with Gasteiger partial charge in [0.1, 0.15) is 11.6 Å². The molecule has 4 rings (SSSR count). The van der Waals surface area contributed by atoms with Crippen LogP contribution in [0.1, 0.15) is 34.8 Å². The van der Waals surface area contributed by atoms with Crippen molar-refractivity contribution in [3.63, 3.8) is 0 Å². The molecule has 0 radical (unpaired) electrons. The molecular weight excluding hydrogens is 373 g/mol. The quantitative estimate of drug-likeness (QED) is 0.683. The van der Waals surface area contributed by atoms with Crippen LogP contribution in [0.15, 0.2) is 67.0 Å². The second-order valence-corrected chi connectivity index (χ2v) is 6.67. The van der Waals surface area contributed by atoms with E-state index in [9.17, 15) is 14.0 Å². The number of carbonyl (C=O) groups excluding carboxylic acids is 2. The Bertz CT molecular complexity index is 1050. The van der Waals surface area contributed by atoms with E-state index >= 15 is 0 Å². The van der Waals surface area contributed by atoms with Gasteiger partial charge in [0.05, 0.1) is 17.8 Å². The van der Waals surface area contributed by atoms with Crippen molar-refractivity contribution in [3.8, 4) is 11.5 Å². The van der Waals surface area contributed by atoms with Gasteiger partial charge < -0.3 is 15.4 Å². The number of nitrogens with zero attached hydrogens (tertiary/aromatic N) is 1. The van der Waals surface area contributed by atoms with Gasteiger partial charge in [-0.3, -0.25) is 14.6 Å². The molecule has 1 aliphatic heterocycles. The topological polar surface area (TPSA) is 80.3 Å². The molecule has 2 N–H and O–H groups in total. The van der Waals surface area contributed by atoms with Gasteiger partial charge in [-0.1, -0.05) is 12.1 Å². The monoisotopic (exact) mass is 391 g/mol. The average molecular weight is 391 g/mol. The molecule has 0 bridgehead atoms. The van der Waals surface area contributed by atoms with E-state index in [-0.39, 0.29) is 29.4 Å². The number of rotatable bonds is 5. The highest BCUT2D eigenvalue weighted by Crippen LogP contribution is 2.28. The molecule has 0 saturated carbocycles. The first-order chi connectivity index (χ1) is 14.1. The van der Waals surface area contributed by atoms with Crippen molar-refractivity contribution in [2.45, 2.75) is 18.9 Å². The summed E-state index contributed by atoms with van der Waals surface area (Å²) in [4.78, 5) is 28.3. The molecule has 0 aliphatic carbocycles. The standard InChI is InChI=1S/C22H18FN3O3/c23-15-4-6-17(7-5-15)29-20-13-24-11-10-18(20)22(28)25-16-3-1-2-14(12-16)19-8-9-21(27)26-19/h1-7,10-13,19H,8-9H2,(H,25,28)(H,26,27). The zero-order valence-corrected chi connectivity index (χ0v) is 15.4. The predicted octanol–water partition coefficient (Wildman–Crippen LogP) is 4.22. The Labute approximate surface area is 166 Å². The highest BCUT2D eigenvalue weighted by molar-refractivity contribution is 6.06. The van der Waals surface area contributed by atoms with Crippen molar-refractivity contribution < 1.29 is 18.7 Å². The van der Waals surface area contributed by atoms with E-state index in [0.717, 1.165) is 12.0 Å². The van der Waals surface area contributed by atoms with Crippen molar-refractivity contribution in [2.24, 2.45) is 0 Å². The molecule has 1 aliphatic rings. The van der Waals surface area contributed by atoms with E-state index in [2.05, 4.69) is 15.6 Å². The highest BCUT2D eigenvalue weighted by Gasteiger charge is 2.22. The lowest BCUT2D eigenvalue weighted by Crippen LogP contribution is -2.18. The average Bonchev–Trinajstić information content (AvgIpc) is 3.17. The summed E-state index contributed by atoms with van der Waals surface area (Å²) in [6.07, 6.45) is 4.16. The Morgan fingerprint density at radius 2 is 2.00 bits per heavy atom. The minimum absolute atomic E-state index is 0.0313. The fourth-order valence-electron chi connectivity index (χ4n) is 3.17. The summed E-state index contributed by atoms with van der Waals surface area (Å²) in [5.74, 6) is -0.0518. The lowest BCUT2D eigenvalue weighted by Gasteiger charge is -2.14. The molecule has 146 valence electrons. The van der Waals surface area contributed by atoms with Gasteiger partial charge in [0, 0.05) is 18.3 Å². The lowest BCUT2D eigenvalue weighted by atomic mass is 10.0. The number of hydrogen-bond acceptors (Lipinski definition) is 4. The minimum Gasteiger partial charge on any atom is -0.455 e. The minimum atomic E-state index is -0.375. The number of nitrogens with one attached hydrogen (secondary N) is 2. The summed E-state index contributed by atoms with van der Waals surface area (Å²) >= 11 is 0. The van der Waals surface area contributed by atoms with Crippen molar-refractivity contribution in [3.05, 3.63) is 83.9 Å². The molecule has 0 spiro atoms. The third-order valence-electron chi connectivity index (χ3n) is 4.61. The molecule has 2 heterocycles. The first-order valence-corrected chi connectivity index (χ1v) is 9.16. The van der Waals surface area contributed by atoms with Gasteiger partial charge in [-0.25, -0.2) is 4.39 Å². The third kappa shape index (κ3) is 4.40. The smallest absolute Gasteiger partial charge is 0.259 e. The number of pyridine rings is 1. The summed E-state index contributed by atoms with van der Waals surface area (Å²) in [7, 11) is 0. The molecule has 1 saturated heterocycles. The molecular formula is C22H18FN3O3. The van der Waals surface area contributed by atoms with E-state index in [0.29, 0.717) is 23.4 Å². The molecule has 1 fully saturated rings. The molecule has 2 aromatic carbocycles. The van der Waals surface area contributed by atoms with E-state index in [4.69, 9.17) is 4.74 Å². The van der Waals surface area contributed by atoms with Gasteiger partial charge in [-0.2, -0.15) is 0 Å². The molecule has 1 aromatic heterocycles. The summed E-state index contributed by atoms with van der Waals surface area (Å²) in [6, 6.07) is 14.4. The SMILES string of the molecule is O=C1CCC(c2cccc(NC(=O)c3ccncc3Oc3ccc(F)cc3)c2)N1. The molecule has 29 heavy (non-hydrogen) atoms. The van der Waals surface area contributed by atoms with Crippen LogP contribution < -0.4 is 15.4 Å². The second kappa shape index (κ2) is 8.10. The third-order valence-corrected chi connectivity index (χ3v) is 4.61. The molecule has 3 aromatic rings.